The van der Waals surface area contributed by atoms with Crippen molar-refractivity contribution in [3.05, 3.63) is 63.3 Å². The maximum atomic E-state index is 13.3. The number of thiazole rings is 1. The van der Waals surface area contributed by atoms with Crippen molar-refractivity contribution < 1.29 is 4.39 Å². The number of allylic oxidation sites excluding steroid dienone is 3. The molecule has 1 aromatic heterocycles. The zero-order valence-electron chi connectivity index (χ0n) is 15.2. The van der Waals surface area contributed by atoms with Gasteiger partial charge in [0.2, 0.25) is 0 Å². The summed E-state index contributed by atoms with van der Waals surface area (Å²) in [4.78, 5) is 7.80. The highest BCUT2D eigenvalue weighted by atomic mass is 32.1. The molecule has 2 aromatic rings. The zero-order valence-corrected chi connectivity index (χ0v) is 16.0. The average Bonchev–Trinajstić information content (AvgIpc) is 3.06. The molecule has 0 unspecified atom stereocenters. The van der Waals surface area contributed by atoms with Crippen molar-refractivity contribution in [3.63, 3.8) is 0 Å². The average molecular weight is 384 g/mol. The molecule has 0 aliphatic carbocycles. The largest absolute Gasteiger partial charge is 0.390 e. The molecule has 140 valence electrons. The molecule has 5 N–H and O–H groups in total. The first-order chi connectivity index (χ1) is 12.9. The maximum Gasteiger partial charge on any atom is 0.187 e. The third-order valence-electron chi connectivity index (χ3n) is 4.62. The Bertz CT molecular complexity index is 969. The lowest BCUT2D eigenvalue weighted by molar-refractivity contribution is 0.317. The van der Waals surface area contributed by atoms with Crippen LogP contribution in [0.5, 0.6) is 0 Å². The van der Waals surface area contributed by atoms with E-state index in [2.05, 4.69) is 15.2 Å². The molecule has 6 nitrogen and oxygen atoms in total. The third-order valence-corrected chi connectivity index (χ3v) is 5.62. The first kappa shape index (κ1) is 18.7. The summed E-state index contributed by atoms with van der Waals surface area (Å²) in [5.41, 5.74) is 15.4. The van der Waals surface area contributed by atoms with E-state index in [-0.39, 0.29) is 11.5 Å². The Labute approximate surface area is 161 Å². The molecule has 0 saturated carbocycles. The van der Waals surface area contributed by atoms with Gasteiger partial charge in [0.05, 0.1) is 12.2 Å². The summed E-state index contributed by atoms with van der Waals surface area (Å²) in [6.07, 6.45) is 0.765. The van der Waals surface area contributed by atoms with E-state index in [1.54, 1.807) is 19.1 Å². The summed E-state index contributed by atoms with van der Waals surface area (Å²) in [5, 5.41) is 12.9. The molecule has 0 amide bonds. The number of halogens is 1. The molecule has 3 rings (SSSR count). The molecular formula is C19H21FN6S. The van der Waals surface area contributed by atoms with Crippen molar-refractivity contribution in [1.29, 1.82) is 5.26 Å². The summed E-state index contributed by atoms with van der Waals surface area (Å²) in [6.45, 7) is 5.04. The fourth-order valence-corrected chi connectivity index (χ4v) is 3.90. The molecule has 1 aromatic carbocycles. The van der Waals surface area contributed by atoms with Crippen LogP contribution >= 0.6 is 11.3 Å². The fraction of sp³-hybridized carbons (Fsp3) is 0.263. The van der Waals surface area contributed by atoms with E-state index in [0.717, 1.165) is 34.2 Å². The number of benzene rings is 1. The second kappa shape index (κ2) is 7.68. The van der Waals surface area contributed by atoms with Gasteiger partial charge in [0.15, 0.2) is 5.13 Å². The van der Waals surface area contributed by atoms with E-state index < -0.39 is 0 Å². The van der Waals surface area contributed by atoms with Gasteiger partial charge in [0.25, 0.3) is 0 Å². The van der Waals surface area contributed by atoms with Crippen molar-refractivity contribution in [2.45, 2.75) is 26.8 Å². The van der Waals surface area contributed by atoms with Crippen LogP contribution in [0.1, 0.15) is 24.4 Å². The highest BCUT2D eigenvalue weighted by molar-refractivity contribution is 7.15. The second-order valence-electron chi connectivity index (χ2n) is 6.36. The van der Waals surface area contributed by atoms with Crippen molar-refractivity contribution in [3.8, 4) is 6.07 Å². The second-order valence-corrected chi connectivity index (χ2v) is 7.44. The van der Waals surface area contributed by atoms with Crippen LogP contribution in [-0.4, -0.2) is 16.4 Å². The topological polar surface area (TPSA) is 104 Å². The maximum absolute atomic E-state index is 13.3. The molecular weight excluding hydrogens is 363 g/mol. The first-order valence-corrected chi connectivity index (χ1v) is 9.30. The molecule has 0 radical (unpaired) electrons. The Morgan fingerprint density at radius 2 is 2.11 bits per heavy atom. The Morgan fingerprint density at radius 3 is 2.81 bits per heavy atom. The van der Waals surface area contributed by atoms with Crippen LogP contribution in [0.3, 0.4) is 0 Å². The fourth-order valence-electron chi connectivity index (χ4n) is 2.86. The predicted octanol–water partition coefficient (Wildman–Crippen LogP) is 3.33. The van der Waals surface area contributed by atoms with E-state index in [1.165, 1.54) is 23.5 Å². The molecule has 2 heterocycles. The van der Waals surface area contributed by atoms with Crippen LogP contribution in [0.4, 0.5) is 15.2 Å². The monoisotopic (exact) mass is 384 g/mol. The van der Waals surface area contributed by atoms with E-state index in [1.807, 2.05) is 13.0 Å². The van der Waals surface area contributed by atoms with Gasteiger partial charge < -0.3 is 21.7 Å². The standard InChI is InChI=1S/C19H21FN6S/c1-11(15(22)9-21)12(2)18(23)26-7-6-16-17(10-26)27-19(25-16)24-14-5-3-4-13(20)8-14/h3-5,8H,6-7,10,22-23H2,1-2H3,(H,24,25)/b15-11-,18-12+. The van der Waals surface area contributed by atoms with E-state index in [0.29, 0.717) is 23.6 Å². The summed E-state index contributed by atoms with van der Waals surface area (Å²) in [7, 11) is 0. The van der Waals surface area contributed by atoms with Gasteiger partial charge >= 0.3 is 0 Å². The van der Waals surface area contributed by atoms with E-state index in [9.17, 15) is 4.39 Å². The molecule has 0 fully saturated rings. The summed E-state index contributed by atoms with van der Waals surface area (Å²) in [5.74, 6) is 0.324. The van der Waals surface area contributed by atoms with Crippen LogP contribution in [0.15, 0.2) is 46.9 Å². The Kier molecular flexibility index (Phi) is 5.33. The molecule has 0 bridgehead atoms. The van der Waals surface area contributed by atoms with Gasteiger partial charge in [-0.2, -0.15) is 5.26 Å². The lowest BCUT2D eigenvalue weighted by Gasteiger charge is -2.29. The number of nitrogens with zero attached hydrogens (tertiary/aromatic N) is 3. The highest BCUT2D eigenvalue weighted by Gasteiger charge is 2.22. The molecule has 0 saturated heterocycles. The van der Waals surface area contributed by atoms with Crippen LogP contribution < -0.4 is 16.8 Å². The van der Waals surface area contributed by atoms with Gasteiger partial charge in [-0.1, -0.05) is 17.4 Å². The van der Waals surface area contributed by atoms with Gasteiger partial charge in [-0.25, -0.2) is 9.37 Å². The smallest absolute Gasteiger partial charge is 0.187 e. The molecule has 1 aliphatic rings. The lowest BCUT2D eigenvalue weighted by atomic mass is 10.1. The Hall–Kier alpha value is -3.05. The Morgan fingerprint density at radius 1 is 1.33 bits per heavy atom. The minimum absolute atomic E-state index is 0.174. The van der Waals surface area contributed by atoms with Crippen LogP contribution in [0.25, 0.3) is 0 Å². The van der Waals surface area contributed by atoms with Crippen LogP contribution in [0.2, 0.25) is 0 Å². The predicted molar refractivity (Wildman–Crippen MR) is 105 cm³/mol. The van der Waals surface area contributed by atoms with Crippen LogP contribution in [0, 0.1) is 17.1 Å². The zero-order chi connectivity index (χ0) is 19.6. The molecule has 1 aliphatic heterocycles. The summed E-state index contributed by atoms with van der Waals surface area (Å²) >= 11 is 1.53. The lowest BCUT2D eigenvalue weighted by Crippen LogP contribution is -2.34. The quantitative estimate of drug-likeness (QED) is 0.552. The van der Waals surface area contributed by atoms with Gasteiger partial charge in [-0.3, -0.25) is 0 Å². The first-order valence-electron chi connectivity index (χ1n) is 8.48. The third kappa shape index (κ3) is 4.04. The highest BCUT2D eigenvalue weighted by Crippen LogP contribution is 2.31. The number of hydrogen-bond acceptors (Lipinski definition) is 7. The minimum atomic E-state index is -0.291. The molecule has 0 spiro atoms. The molecule has 27 heavy (non-hydrogen) atoms. The van der Waals surface area contributed by atoms with Gasteiger partial charge in [0.1, 0.15) is 23.4 Å². The SMILES string of the molecule is CC(=C(/N)C#N)/C(C)=C(\N)N1CCc2nc(Nc3cccc(F)c3)sc2C1. The normalized spacial score (nSPS) is 15.4. The number of nitriles is 1. The van der Waals surface area contributed by atoms with E-state index in [4.69, 9.17) is 16.7 Å². The van der Waals surface area contributed by atoms with Crippen LogP contribution in [-0.2, 0) is 13.0 Å². The van der Waals surface area contributed by atoms with Gasteiger partial charge in [0, 0.05) is 23.5 Å². The van der Waals surface area contributed by atoms with Crippen molar-refractivity contribution in [2.75, 3.05) is 11.9 Å². The van der Waals surface area contributed by atoms with Gasteiger partial charge in [-0.05, 0) is 43.2 Å². The summed E-state index contributed by atoms with van der Waals surface area (Å²) < 4.78 is 13.3. The Balaban J connectivity index is 1.79. The number of hydrogen-bond donors (Lipinski definition) is 3. The van der Waals surface area contributed by atoms with Crippen molar-refractivity contribution >= 4 is 22.2 Å². The number of rotatable bonds is 4. The minimum Gasteiger partial charge on any atom is -0.390 e. The number of fused-ring (bicyclic) bond motifs is 1. The van der Waals surface area contributed by atoms with E-state index >= 15 is 0 Å². The number of nitrogens with two attached hydrogens (primary N) is 2. The van der Waals surface area contributed by atoms with Crippen molar-refractivity contribution in [1.82, 2.24) is 9.88 Å². The number of nitrogens with one attached hydrogen (secondary N) is 1. The number of anilines is 2. The summed E-state index contributed by atoms with van der Waals surface area (Å²) in [6, 6.07) is 8.25. The molecule has 8 heteroatoms. The van der Waals surface area contributed by atoms with Crippen molar-refractivity contribution in [2.24, 2.45) is 11.5 Å². The number of aromatic nitrogens is 1. The van der Waals surface area contributed by atoms with Gasteiger partial charge in [-0.15, -0.1) is 0 Å². The molecule has 0 atom stereocenters.